The second kappa shape index (κ2) is 8.75. The molecule has 5 rings (SSSR count). The summed E-state index contributed by atoms with van der Waals surface area (Å²) in [6.45, 7) is 9.38. The summed E-state index contributed by atoms with van der Waals surface area (Å²) >= 11 is 6.26. The summed E-state index contributed by atoms with van der Waals surface area (Å²) in [6, 6.07) is 4.03. The van der Waals surface area contributed by atoms with Gasteiger partial charge < -0.3 is 18.9 Å². The number of amides is 1. The topological polar surface area (TPSA) is 59.8 Å². The Balaban J connectivity index is 1.20. The van der Waals surface area contributed by atoms with E-state index >= 15 is 0 Å². The van der Waals surface area contributed by atoms with Gasteiger partial charge in [0.2, 0.25) is 0 Å². The highest BCUT2D eigenvalue weighted by molar-refractivity contribution is 6.34. The van der Waals surface area contributed by atoms with E-state index in [1.807, 2.05) is 37.8 Å². The molecule has 2 aromatic heterocycles. The Morgan fingerprint density at radius 1 is 1.21 bits per heavy atom. The van der Waals surface area contributed by atoms with E-state index in [1.165, 1.54) is 12.8 Å². The van der Waals surface area contributed by atoms with Crippen molar-refractivity contribution < 1.29 is 14.3 Å². The number of rotatable bonds is 3. The van der Waals surface area contributed by atoms with Crippen molar-refractivity contribution in [1.82, 2.24) is 19.4 Å². The van der Waals surface area contributed by atoms with E-state index in [4.69, 9.17) is 21.1 Å². The average molecular weight is 475 g/mol. The van der Waals surface area contributed by atoms with Gasteiger partial charge >= 0.3 is 6.09 Å². The number of pyridine rings is 1. The number of carbonyl (C=O) groups excluding carboxylic acids is 1. The number of halogens is 1. The average Bonchev–Trinajstić information content (AvgIpc) is 3.48. The Kier molecular flexibility index (Phi) is 6.08. The van der Waals surface area contributed by atoms with Crippen molar-refractivity contribution in [2.24, 2.45) is 0 Å². The molecule has 3 fully saturated rings. The summed E-state index contributed by atoms with van der Waals surface area (Å²) in [7, 11) is 0. The van der Waals surface area contributed by atoms with Gasteiger partial charge in [-0.15, -0.1) is 0 Å². The number of likely N-dealkylation sites (tertiary alicyclic amines) is 2. The lowest BCUT2D eigenvalue weighted by atomic mass is 9.85. The van der Waals surface area contributed by atoms with Crippen molar-refractivity contribution >= 4 is 28.6 Å². The van der Waals surface area contributed by atoms with Crippen molar-refractivity contribution in [3.8, 4) is 0 Å². The Morgan fingerprint density at radius 2 is 2.00 bits per heavy atom. The van der Waals surface area contributed by atoms with Crippen LogP contribution in [-0.4, -0.2) is 68.9 Å². The molecule has 2 atom stereocenters. The summed E-state index contributed by atoms with van der Waals surface area (Å²) in [5, 5.41) is 1.51. The SMILES string of the molecule is CC(C)(C)OC(=O)N1CCC2(CCCN2CC2CCC(n3ccc4c(Cl)nccc43)O2)CC1. The van der Waals surface area contributed by atoms with E-state index in [2.05, 4.69) is 20.6 Å². The van der Waals surface area contributed by atoms with E-state index < -0.39 is 5.60 Å². The standard InChI is InChI=1S/C25H35ClN4O3/c1-24(2,3)33-23(31)28-15-10-25(11-16-28)9-4-13-29(25)17-18-5-6-21(32-18)30-14-8-19-20(30)7-12-27-22(19)26/h7-8,12,14,18,21H,4-6,9-11,13,15-17H2,1-3H3. The van der Waals surface area contributed by atoms with E-state index in [0.29, 0.717) is 5.15 Å². The van der Waals surface area contributed by atoms with Gasteiger partial charge in [-0.1, -0.05) is 11.6 Å². The first-order valence-corrected chi connectivity index (χ1v) is 12.6. The largest absolute Gasteiger partial charge is 0.444 e. The summed E-state index contributed by atoms with van der Waals surface area (Å²) in [6.07, 6.45) is 10.4. The monoisotopic (exact) mass is 474 g/mol. The normalized spacial score (nSPS) is 25.9. The van der Waals surface area contributed by atoms with E-state index in [0.717, 1.165) is 62.8 Å². The number of nitrogens with zero attached hydrogens (tertiary/aromatic N) is 4. The van der Waals surface area contributed by atoms with Gasteiger partial charge in [-0.3, -0.25) is 4.90 Å². The molecule has 1 spiro atoms. The van der Waals surface area contributed by atoms with Crippen LogP contribution in [0.25, 0.3) is 10.9 Å². The second-order valence-electron chi connectivity index (χ2n) is 10.8. The number of aromatic nitrogens is 2. The number of piperidine rings is 1. The molecular formula is C25H35ClN4O3. The maximum Gasteiger partial charge on any atom is 0.410 e. The molecule has 0 bridgehead atoms. The third-order valence-electron chi connectivity index (χ3n) is 7.50. The summed E-state index contributed by atoms with van der Waals surface area (Å²) < 4.78 is 14.3. The third-order valence-corrected chi connectivity index (χ3v) is 7.81. The molecule has 8 heteroatoms. The molecule has 0 saturated carbocycles. The number of carbonyl (C=O) groups is 1. The molecule has 0 aromatic carbocycles. The molecule has 5 heterocycles. The van der Waals surface area contributed by atoms with E-state index in [1.54, 1.807) is 6.20 Å². The molecule has 2 unspecified atom stereocenters. The molecule has 0 radical (unpaired) electrons. The van der Waals surface area contributed by atoms with Crippen LogP contribution < -0.4 is 0 Å². The van der Waals surface area contributed by atoms with Crippen molar-refractivity contribution in [2.45, 2.75) is 82.8 Å². The lowest BCUT2D eigenvalue weighted by molar-refractivity contribution is -0.0363. The van der Waals surface area contributed by atoms with Crippen LogP contribution in [0.2, 0.25) is 5.15 Å². The molecule has 2 aromatic rings. The van der Waals surface area contributed by atoms with Gasteiger partial charge in [0.1, 0.15) is 17.0 Å². The van der Waals surface area contributed by atoms with Gasteiger partial charge in [0.25, 0.3) is 0 Å². The molecule has 180 valence electrons. The highest BCUT2D eigenvalue weighted by Gasteiger charge is 2.45. The highest BCUT2D eigenvalue weighted by atomic mass is 35.5. The minimum Gasteiger partial charge on any atom is -0.444 e. The quantitative estimate of drug-likeness (QED) is 0.570. The summed E-state index contributed by atoms with van der Waals surface area (Å²) in [4.78, 5) is 21.2. The molecule has 7 nitrogen and oxygen atoms in total. The third kappa shape index (κ3) is 4.60. The lowest BCUT2D eigenvalue weighted by Gasteiger charge is -2.45. The van der Waals surface area contributed by atoms with Crippen molar-refractivity contribution in [2.75, 3.05) is 26.2 Å². The van der Waals surface area contributed by atoms with Crippen molar-refractivity contribution in [3.05, 3.63) is 29.7 Å². The summed E-state index contributed by atoms with van der Waals surface area (Å²) in [5.74, 6) is 0. The van der Waals surface area contributed by atoms with E-state index in [-0.39, 0.29) is 24.0 Å². The fraction of sp³-hybridized carbons (Fsp3) is 0.680. The Morgan fingerprint density at radius 3 is 2.76 bits per heavy atom. The van der Waals surface area contributed by atoms with Crippen molar-refractivity contribution in [1.29, 1.82) is 0 Å². The zero-order chi connectivity index (χ0) is 23.2. The minimum atomic E-state index is -0.450. The van der Waals surface area contributed by atoms with Crippen LogP contribution in [-0.2, 0) is 9.47 Å². The van der Waals surface area contributed by atoms with Crippen LogP contribution in [0.4, 0.5) is 4.79 Å². The Hall–Kier alpha value is -1.83. The van der Waals surface area contributed by atoms with Crippen molar-refractivity contribution in [3.63, 3.8) is 0 Å². The smallest absolute Gasteiger partial charge is 0.410 e. The fourth-order valence-electron chi connectivity index (χ4n) is 5.85. The zero-order valence-corrected chi connectivity index (χ0v) is 20.7. The first-order chi connectivity index (χ1) is 15.7. The molecule has 3 aliphatic rings. The van der Waals surface area contributed by atoms with Crippen LogP contribution in [0.5, 0.6) is 0 Å². The number of hydrogen-bond donors (Lipinski definition) is 0. The Bertz CT molecular complexity index is 1010. The predicted octanol–water partition coefficient (Wildman–Crippen LogP) is 5.23. The van der Waals surface area contributed by atoms with Gasteiger partial charge in [-0.05, 0) is 78.0 Å². The van der Waals surface area contributed by atoms with Crippen LogP contribution in [0, 0.1) is 0 Å². The van der Waals surface area contributed by atoms with Gasteiger partial charge in [0.05, 0.1) is 11.6 Å². The molecule has 0 aliphatic carbocycles. The maximum absolute atomic E-state index is 12.5. The number of fused-ring (bicyclic) bond motifs is 1. The van der Waals surface area contributed by atoms with E-state index in [9.17, 15) is 4.79 Å². The number of hydrogen-bond acceptors (Lipinski definition) is 5. The molecule has 3 aliphatic heterocycles. The van der Waals surface area contributed by atoms with Gasteiger partial charge in [-0.2, -0.15) is 0 Å². The fourth-order valence-corrected chi connectivity index (χ4v) is 6.07. The van der Waals surface area contributed by atoms with Crippen LogP contribution in [0.15, 0.2) is 24.5 Å². The molecule has 0 N–H and O–H groups in total. The molecule has 33 heavy (non-hydrogen) atoms. The zero-order valence-electron chi connectivity index (χ0n) is 19.9. The predicted molar refractivity (Wildman–Crippen MR) is 128 cm³/mol. The molecular weight excluding hydrogens is 440 g/mol. The van der Waals surface area contributed by atoms with Crippen LogP contribution in [0.3, 0.4) is 0 Å². The second-order valence-corrected chi connectivity index (χ2v) is 11.1. The first kappa shape index (κ1) is 22.9. The number of ether oxygens (including phenoxy) is 2. The summed E-state index contributed by atoms with van der Waals surface area (Å²) in [5.41, 5.74) is 0.821. The molecule has 1 amide bonds. The Labute approximate surface area is 201 Å². The maximum atomic E-state index is 12.5. The lowest BCUT2D eigenvalue weighted by Crippen LogP contribution is -2.55. The van der Waals surface area contributed by atoms with Crippen LogP contribution >= 0.6 is 11.6 Å². The van der Waals surface area contributed by atoms with Gasteiger partial charge in [0, 0.05) is 43.0 Å². The highest BCUT2D eigenvalue weighted by Crippen LogP contribution is 2.41. The molecule has 3 saturated heterocycles. The first-order valence-electron chi connectivity index (χ1n) is 12.2. The van der Waals surface area contributed by atoms with Gasteiger partial charge in [0.15, 0.2) is 0 Å². The minimum absolute atomic E-state index is 0.0403. The van der Waals surface area contributed by atoms with Crippen LogP contribution in [0.1, 0.15) is 65.5 Å². The van der Waals surface area contributed by atoms with Gasteiger partial charge in [-0.25, -0.2) is 9.78 Å².